The van der Waals surface area contributed by atoms with E-state index in [2.05, 4.69) is 15.4 Å². The highest BCUT2D eigenvalue weighted by molar-refractivity contribution is 7.91. The lowest BCUT2D eigenvalue weighted by atomic mass is 10.00. The van der Waals surface area contributed by atoms with Gasteiger partial charge in [-0.15, -0.1) is 12.4 Å². The summed E-state index contributed by atoms with van der Waals surface area (Å²) in [5.41, 5.74) is 1.82. The Balaban J connectivity index is 0.00000840. The fourth-order valence-corrected chi connectivity index (χ4v) is 6.69. The van der Waals surface area contributed by atoms with Crippen LogP contribution in [-0.2, 0) is 37.6 Å². The zero-order chi connectivity index (χ0) is 29.8. The Labute approximate surface area is 251 Å². The lowest BCUT2D eigenvalue weighted by Crippen LogP contribution is -2.52. The van der Waals surface area contributed by atoms with Gasteiger partial charge in [0.1, 0.15) is 5.75 Å². The predicted octanol–water partition coefficient (Wildman–Crippen LogP) is 1.92. The number of nitrogens with one attached hydrogen (secondary N) is 3. The molecule has 0 aromatic heterocycles. The predicted molar refractivity (Wildman–Crippen MR) is 164 cm³/mol. The number of amides is 1. The number of benzene rings is 2. The number of halogens is 1. The SMILES string of the molecule is CCS(=O)(=O)CC(CNS(=O)(=O)CC(C)C)C(=O)N[C@@H](Cc1ccccc1)[C@@H](O)CNCc1cccc(OC)c1.Cl. The average Bonchev–Trinajstić information content (AvgIpc) is 2.90. The van der Waals surface area contributed by atoms with Gasteiger partial charge >= 0.3 is 0 Å². The van der Waals surface area contributed by atoms with E-state index in [1.54, 1.807) is 21.0 Å². The highest BCUT2D eigenvalue weighted by Gasteiger charge is 2.30. The molecule has 2 aromatic carbocycles. The summed E-state index contributed by atoms with van der Waals surface area (Å²) in [6.07, 6.45) is -0.725. The summed E-state index contributed by atoms with van der Waals surface area (Å²) in [5, 5.41) is 17.1. The van der Waals surface area contributed by atoms with Gasteiger partial charge in [-0.05, 0) is 35.6 Å². The number of rotatable bonds is 18. The molecule has 3 atom stereocenters. The van der Waals surface area contributed by atoms with Crippen molar-refractivity contribution in [2.75, 3.05) is 37.5 Å². The number of sulfonamides is 1. The summed E-state index contributed by atoms with van der Waals surface area (Å²) >= 11 is 0. The van der Waals surface area contributed by atoms with Crippen molar-refractivity contribution in [1.82, 2.24) is 15.4 Å². The fraction of sp³-hybridized carbons (Fsp3) is 0.536. The summed E-state index contributed by atoms with van der Waals surface area (Å²) in [6, 6.07) is 16.0. The highest BCUT2D eigenvalue weighted by atomic mass is 35.5. The normalized spacial score (nSPS) is 14.1. The van der Waals surface area contributed by atoms with E-state index in [0.29, 0.717) is 18.7 Å². The zero-order valence-electron chi connectivity index (χ0n) is 24.1. The molecule has 1 unspecified atom stereocenters. The van der Waals surface area contributed by atoms with Gasteiger partial charge in [-0.1, -0.05) is 63.2 Å². The van der Waals surface area contributed by atoms with Crippen molar-refractivity contribution >= 4 is 38.2 Å². The molecule has 41 heavy (non-hydrogen) atoms. The van der Waals surface area contributed by atoms with E-state index >= 15 is 0 Å². The number of aliphatic hydroxyl groups excluding tert-OH is 1. The van der Waals surface area contributed by atoms with Gasteiger partial charge in [-0.2, -0.15) is 0 Å². The van der Waals surface area contributed by atoms with Crippen LogP contribution in [0.5, 0.6) is 5.75 Å². The smallest absolute Gasteiger partial charge is 0.225 e. The van der Waals surface area contributed by atoms with Crippen LogP contribution in [0.3, 0.4) is 0 Å². The first kappa shape index (κ1) is 36.8. The molecule has 0 heterocycles. The van der Waals surface area contributed by atoms with Crippen LogP contribution in [0.4, 0.5) is 0 Å². The van der Waals surface area contributed by atoms with Crippen LogP contribution in [0.2, 0.25) is 0 Å². The largest absolute Gasteiger partial charge is 0.497 e. The molecule has 1 amide bonds. The molecule has 0 aliphatic carbocycles. The molecule has 0 radical (unpaired) electrons. The lowest BCUT2D eigenvalue weighted by Gasteiger charge is -2.27. The molecule has 0 aliphatic rings. The number of hydrogen-bond donors (Lipinski definition) is 4. The first-order valence-electron chi connectivity index (χ1n) is 13.4. The van der Waals surface area contributed by atoms with Gasteiger partial charge in [-0.3, -0.25) is 4.79 Å². The molecule has 4 N–H and O–H groups in total. The standard InChI is InChI=1S/C28H43N3O7S2.ClH/c1-5-39(34,35)20-24(17-30-40(36,37)19-21(2)3)28(33)31-26(15-22-10-7-6-8-11-22)27(32)18-29-16-23-12-9-13-25(14-23)38-4;/h6-14,21,24,26-27,29-30,32H,5,15-20H2,1-4H3,(H,31,33);1H/t24?,26-,27-;/m0./s1. The second kappa shape index (κ2) is 17.7. The van der Waals surface area contributed by atoms with Crippen molar-refractivity contribution in [3.8, 4) is 5.75 Å². The quantitative estimate of drug-likeness (QED) is 0.194. The molecule has 0 fully saturated rings. The van der Waals surface area contributed by atoms with Gasteiger partial charge in [0.2, 0.25) is 15.9 Å². The maximum absolute atomic E-state index is 13.4. The minimum Gasteiger partial charge on any atom is -0.497 e. The maximum Gasteiger partial charge on any atom is 0.225 e. The van der Waals surface area contributed by atoms with Crippen LogP contribution in [0, 0.1) is 11.8 Å². The molecule has 0 saturated carbocycles. The van der Waals surface area contributed by atoms with Crippen LogP contribution >= 0.6 is 12.4 Å². The van der Waals surface area contributed by atoms with Crippen molar-refractivity contribution in [3.63, 3.8) is 0 Å². The molecule has 2 rings (SSSR count). The van der Waals surface area contributed by atoms with E-state index in [-0.39, 0.29) is 42.9 Å². The lowest BCUT2D eigenvalue weighted by molar-refractivity contribution is -0.125. The Morgan fingerprint density at radius 2 is 1.61 bits per heavy atom. The first-order chi connectivity index (χ1) is 18.8. The van der Waals surface area contributed by atoms with Gasteiger partial charge < -0.3 is 20.5 Å². The highest BCUT2D eigenvalue weighted by Crippen LogP contribution is 2.13. The third-order valence-electron chi connectivity index (χ3n) is 6.28. The second-order valence-corrected chi connectivity index (χ2v) is 14.5. The van der Waals surface area contributed by atoms with Crippen molar-refractivity contribution in [2.24, 2.45) is 11.8 Å². The summed E-state index contributed by atoms with van der Waals surface area (Å²) < 4.78 is 57.3. The molecular formula is C28H44ClN3O7S2. The van der Waals surface area contributed by atoms with Crippen molar-refractivity contribution in [3.05, 3.63) is 65.7 Å². The summed E-state index contributed by atoms with van der Waals surface area (Å²) in [4.78, 5) is 13.4. The minimum absolute atomic E-state index is 0. The van der Waals surface area contributed by atoms with E-state index in [1.807, 2.05) is 54.6 Å². The molecule has 13 heteroatoms. The molecule has 0 spiro atoms. The molecule has 232 valence electrons. The number of sulfone groups is 1. The van der Waals surface area contributed by atoms with Crippen LogP contribution in [-0.4, -0.2) is 77.5 Å². The van der Waals surface area contributed by atoms with E-state index in [0.717, 1.165) is 11.1 Å². The maximum atomic E-state index is 13.4. The number of carbonyl (C=O) groups excluding carboxylic acids is 1. The fourth-order valence-electron chi connectivity index (χ4n) is 4.12. The van der Waals surface area contributed by atoms with Gasteiger partial charge in [0.15, 0.2) is 9.84 Å². The van der Waals surface area contributed by atoms with E-state index in [4.69, 9.17) is 4.74 Å². The van der Waals surface area contributed by atoms with Crippen molar-refractivity contribution in [2.45, 2.75) is 45.9 Å². The summed E-state index contributed by atoms with van der Waals surface area (Å²) in [6.45, 7) is 5.22. The van der Waals surface area contributed by atoms with E-state index < -0.39 is 49.6 Å². The van der Waals surface area contributed by atoms with E-state index in [1.165, 1.54) is 6.92 Å². The third-order valence-corrected chi connectivity index (χ3v) is 9.78. The van der Waals surface area contributed by atoms with E-state index in [9.17, 15) is 26.7 Å². The molecule has 0 bridgehead atoms. The molecule has 0 aliphatic heterocycles. The van der Waals surface area contributed by atoms with Crippen LogP contribution < -0.4 is 20.1 Å². The first-order valence-corrected chi connectivity index (χ1v) is 16.8. The number of hydrogen-bond acceptors (Lipinski definition) is 8. The Kier molecular flexibility index (Phi) is 15.9. The Bertz CT molecular complexity index is 1280. The number of ether oxygens (including phenoxy) is 1. The Morgan fingerprint density at radius 3 is 2.22 bits per heavy atom. The Morgan fingerprint density at radius 1 is 0.951 bits per heavy atom. The third kappa shape index (κ3) is 14.0. The molecule has 10 nitrogen and oxygen atoms in total. The van der Waals surface area contributed by atoms with Gasteiger partial charge in [0, 0.05) is 25.4 Å². The number of aliphatic hydroxyl groups is 1. The minimum atomic E-state index is -3.70. The topological polar surface area (TPSA) is 151 Å². The molecular weight excluding hydrogens is 590 g/mol. The van der Waals surface area contributed by atoms with Crippen molar-refractivity contribution in [1.29, 1.82) is 0 Å². The molecule has 2 aromatic rings. The van der Waals surface area contributed by atoms with Gasteiger partial charge in [0.25, 0.3) is 0 Å². The molecule has 0 saturated heterocycles. The monoisotopic (exact) mass is 633 g/mol. The second-order valence-electron chi connectivity index (χ2n) is 10.3. The van der Waals surface area contributed by atoms with Crippen LogP contribution in [0.25, 0.3) is 0 Å². The van der Waals surface area contributed by atoms with Gasteiger partial charge in [-0.25, -0.2) is 21.6 Å². The van der Waals surface area contributed by atoms with Crippen molar-refractivity contribution < 1.29 is 31.5 Å². The number of carbonyl (C=O) groups is 1. The zero-order valence-corrected chi connectivity index (χ0v) is 26.5. The average molecular weight is 634 g/mol. The Hall–Kier alpha value is -2.22. The summed E-state index contributed by atoms with van der Waals surface area (Å²) in [5.74, 6) is -2.07. The summed E-state index contributed by atoms with van der Waals surface area (Å²) in [7, 11) is -5.72. The van der Waals surface area contributed by atoms with Crippen LogP contribution in [0.1, 0.15) is 31.9 Å². The van der Waals surface area contributed by atoms with Gasteiger partial charge in [0.05, 0.1) is 36.7 Å². The number of methoxy groups -OCH3 is 1. The van der Waals surface area contributed by atoms with Crippen LogP contribution in [0.15, 0.2) is 54.6 Å².